The van der Waals surface area contributed by atoms with Crippen LogP contribution in [0.1, 0.15) is 10.4 Å². The van der Waals surface area contributed by atoms with E-state index in [0.717, 1.165) is 21.8 Å². The van der Waals surface area contributed by atoms with Crippen molar-refractivity contribution in [2.45, 2.75) is 0 Å². The van der Waals surface area contributed by atoms with Gasteiger partial charge in [0.25, 0.3) is 10.5 Å². The Hall–Kier alpha value is -3.10. The van der Waals surface area contributed by atoms with Gasteiger partial charge in [0.2, 0.25) is 11.0 Å². The fourth-order valence-electron chi connectivity index (χ4n) is 2.67. The highest BCUT2D eigenvalue weighted by atomic mass is 32.3. The summed E-state index contributed by atoms with van der Waals surface area (Å²) in [7, 11) is -3.42. The Kier molecular flexibility index (Phi) is 6.38. The van der Waals surface area contributed by atoms with Crippen LogP contribution in [0.3, 0.4) is 0 Å². The number of aromatic nitrogens is 1. The summed E-state index contributed by atoms with van der Waals surface area (Å²) in [4.78, 5) is 12.5. The molecule has 0 N–H and O–H groups in total. The summed E-state index contributed by atoms with van der Waals surface area (Å²) in [6.45, 7) is 3.56. The van der Waals surface area contributed by atoms with E-state index >= 15 is 0 Å². The fraction of sp³-hybridized carbons (Fsp3) is 0.0526. The monoisotopic (exact) mass is 389 g/mol. The second-order valence-electron chi connectivity index (χ2n) is 5.33. The van der Waals surface area contributed by atoms with Gasteiger partial charge in [0, 0.05) is 12.1 Å². The summed E-state index contributed by atoms with van der Waals surface area (Å²) in [5.41, 5.74) is 2.56. The predicted molar refractivity (Wildman–Crippen MR) is 98.2 cm³/mol. The van der Waals surface area contributed by atoms with Crippen molar-refractivity contribution < 1.29 is 31.0 Å². The van der Waals surface area contributed by atoms with Crippen molar-refractivity contribution in [3.8, 4) is 0 Å². The van der Waals surface area contributed by atoms with Gasteiger partial charge in [-0.15, -0.1) is 3.89 Å². The number of benzene rings is 2. The van der Waals surface area contributed by atoms with Gasteiger partial charge in [-0.1, -0.05) is 36.9 Å². The molecule has 0 saturated carbocycles. The number of carbonyl (C=O) groups excluding carboxylic acids is 1. The van der Waals surface area contributed by atoms with E-state index in [-0.39, 0.29) is 5.97 Å². The molecule has 8 heteroatoms. The van der Waals surface area contributed by atoms with Crippen LogP contribution in [-0.4, -0.2) is 18.9 Å². The van der Waals surface area contributed by atoms with Crippen LogP contribution in [0.15, 0.2) is 73.5 Å². The van der Waals surface area contributed by atoms with Gasteiger partial charge in [-0.2, -0.15) is 4.57 Å². The SMILES string of the molecule is C=C/C=C/OC(=O)c1c2ccccc2[n+](C)c2ccccc12.O=S(=O)([O-])F. The van der Waals surface area contributed by atoms with Crippen molar-refractivity contribution in [2.24, 2.45) is 7.05 Å². The number of halogens is 1. The molecule has 2 aromatic carbocycles. The summed E-state index contributed by atoms with van der Waals surface area (Å²) in [5.74, 6) is -0.369. The van der Waals surface area contributed by atoms with E-state index < -0.39 is 10.5 Å². The molecule has 3 aromatic rings. The molecular weight excluding hydrogens is 373 g/mol. The van der Waals surface area contributed by atoms with Gasteiger partial charge in [0.15, 0.2) is 0 Å². The first-order valence-electron chi connectivity index (χ1n) is 7.67. The van der Waals surface area contributed by atoms with E-state index in [4.69, 9.17) is 17.7 Å². The lowest BCUT2D eigenvalue weighted by molar-refractivity contribution is -0.617. The zero-order valence-corrected chi connectivity index (χ0v) is 15.1. The maximum atomic E-state index is 12.5. The highest BCUT2D eigenvalue weighted by Crippen LogP contribution is 2.25. The number of para-hydroxylation sites is 2. The first-order valence-corrected chi connectivity index (χ1v) is 8.98. The summed E-state index contributed by atoms with van der Waals surface area (Å²) in [5, 5.41) is 1.75. The molecule has 0 unspecified atom stereocenters. The predicted octanol–water partition coefficient (Wildman–Crippen LogP) is 3.09. The number of fused-ring (bicyclic) bond motifs is 2. The molecule has 0 saturated heterocycles. The van der Waals surface area contributed by atoms with Gasteiger partial charge in [0.1, 0.15) is 7.05 Å². The Morgan fingerprint density at radius 2 is 1.56 bits per heavy atom. The lowest BCUT2D eigenvalue weighted by Gasteiger charge is -2.08. The smallest absolute Gasteiger partial charge is 0.344 e. The van der Waals surface area contributed by atoms with E-state index in [2.05, 4.69) is 11.1 Å². The standard InChI is InChI=1S/C19H16NO2.FHO3S/c1-3-4-13-22-19(21)18-14-9-5-7-11-16(14)20(2)17-12-8-6-10-15(17)18;1-5(2,3)4/h3-13H,1H2,2H3;(H,2,3,4)/q+1;/p-1/b13-4+;. The molecule has 0 fully saturated rings. The molecule has 27 heavy (non-hydrogen) atoms. The van der Waals surface area contributed by atoms with Gasteiger partial charge >= 0.3 is 5.97 Å². The molecule has 0 atom stereocenters. The minimum Gasteiger partial charge on any atom is -0.722 e. The molecule has 3 rings (SSSR count). The number of hydrogen-bond donors (Lipinski definition) is 0. The molecule has 140 valence electrons. The fourth-order valence-corrected chi connectivity index (χ4v) is 2.67. The molecule has 0 aliphatic heterocycles. The maximum Gasteiger partial charge on any atom is 0.344 e. The van der Waals surface area contributed by atoms with Crippen LogP contribution in [0.4, 0.5) is 3.89 Å². The zero-order chi connectivity index (χ0) is 20.0. The zero-order valence-electron chi connectivity index (χ0n) is 14.3. The third-order valence-electron chi connectivity index (χ3n) is 3.66. The van der Waals surface area contributed by atoms with Crippen molar-refractivity contribution in [3.63, 3.8) is 0 Å². The third kappa shape index (κ3) is 5.19. The van der Waals surface area contributed by atoms with E-state index in [0.29, 0.717) is 5.56 Å². The number of allylic oxidation sites excluding steroid dienone is 2. The van der Waals surface area contributed by atoms with Crippen LogP contribution >= 0.6 is 0 Å². The van der Waals surface area contributed by atoms with E-state index in [1.165, 1.54) is 6.26 Å². The number of aryl methyl sites for hydroxylation is 1. The van der Waals surface area contributed by atoms with Crippen LogP contribution in [0.5, 0.6) is 0 Å². The lowest BCUT2D eigenvalue weighted by atomic mass is 10.0. The van der Waals surface area contributed by atoms with Crippen molar-refractivity contribution in [2.75, 3.05) is 0 Å². The molecule has 1 heterocycles. The Bertz CT molecular complexity index is 1070. The second-order valence-corrected chi connectivity index (χ2v) is 6.12. The van der Waals surface area contributed by atoms with E-state index in [1.54, 1.807) is 12.2 Å². The Morgan fingerprint density at radius 1 is 1.11 bits per heavy atom. The Morgan fingerprint density at radius 3 is 2.00 bits per heavy atom. The quantitative estimate of drug-likeness (QED) is 0.131. The Labute approximate surface area is 155 Å². The molecule has 0 spiro atoms. The molecule has 1 aromatic heterocycles. The number of carbonyl (C=O) groups is 1. The average Bonchev–Trinajstić information content (AvgIpc) is 2.61. The van der Waals surface area contributed by atoms with Crippen LogP contribution in [0.25, 0.3) is 21.8 Å². The van der Waals surface area contributed by atoms with E-state index in [9.17, 15) is 8.68 Å². The summed E-state index contributed by atoms with van der Waals surface area (Å²) in [6.07, 6.45) is 4.51. The summed E-state index contributed by atoms with van der Waals surface area (Å²) in [6, 6.07) is 15.6. The lowest BCUT2D eigenvalue weighted by Crippen LogP contribution is -2.31. The van der Waals surface area contributed by atoms with Crippen LogP contribution in [0.2, 0.25) is 0 Å². The first kappa shape index (κ1) is 20.2. The summed E-state index contributed by atoms with van der Waals surface area (Å²) < 4.78 is 42.6. The van der Waals surface area contributed by atoms with Crippen LogP contribution in [-0.2, 0) is 22.3 Å². The molecule has 0 amide bonds. The molecular formula is C19H16FNO5S. The normalized spacial score (nSPS) is 11.2. The van der Waals surface area contributed by atoms with E-state index in [1.807, 2.05) is 55.6 Å². The second kappa shape index (κ2) is 8.52. The number of esters is 1. The number of nitrogens with zero attached hydrogens (tertiary/aromatic N) is 1. The van der Waals surface area contributed by atoms with Crippen molar-refractivity contribution in [3.05, 3.63) is 79.1 Å². The third-order valence-corrected chi connectivity index (χ3v) is 3.66. The summed E-state index contributed by atoms with van der Waals surface area (Å²) >= 11 is 0. The molecule has 6 nitrogen and oxygen atoms in total. The first-order chi connectivity index (χ1) is 12.7. The van der Waals surface area contributed by atoms with Gasteiger partial charge in [-0.25, -0.2) is 13.2 Å². The Balaban J connectivity index is 0.000000465. The number of hydrogen-bond acceptors (Lipinski definition) is 5. The highest BCUT2D eigenvalue weighted by Gasteiger charge is 2.22. The number of pyridine rings is 1. The van der Waals surface area contributed by atoms with Gasteiger partial charge in [-0.05, 0) is 18.2 Å². The van der Waals surface area contributed by atoms with Crippen molar-refractivity contribution in [1.82, 2.24) is 0 Å². The number of ether oxygens (including phenoxy) is 1. The molecule has 0 radical (unpaired) electrons. The topological polar surface area (TPSA) is 87.4 Å². The van der Waals surface area contributed by atoms with Gasteiger partial charge in [0.05, 0.1) is 22.6 Å². The van der Waals surface area contributed by atoms with Crippen molar-refractivity contribution >= 4 is 38.3 Å². The minimum absolute atomic E-state index is 0.369. The molecule has 0 aliphatic carbocycles. The number of rotatable bonds is 3. The van der Waals surface area contributed by atoms with Crippen LogP contribution < -0.4 is 4.57 Å². The van der Waals surface area contributed by atoms with Crippen molar-refractivity contribution in [1.29, 1.82) is 0 Å². The highest BCUT2D eigenvalue weighted by molar-refractivity contribution is 7.80. The molecule has 0 aliphatic rings. The minimum atomic E-state index is -5.42. The maximum absolute atomic E-state index is 12.5. The molecule has 0 bridgehead atoms. The van der Waals surface area contributed by atoms with Gasteiger partial charge < -0.3 is 9.29 Å². The van der Waals surface area contributed by atoms with Gasteiger partial charge in [-0.3, -0.25) is 0 Å². The van der Waals surface area contributed by atoms with Crippen LogP contribution in [0, 0.1) is 0 Å². The largest absolute Gasteiger partial charge is 0.722 e. The average molecular weight is 389 g/mol.